The van der Waals surface area contributed by atoms with Gasteiger partial charge in [0.2, 0.25) is 0 Å². The predicted octanol–water partition coefficient (Wildman–Crippen LogP) is 7.15. The van der Waals surface area contributed by atoms with Crippen LogP contribution in [-0.4, -0.2) is 34.0 Å². The zero-order valence-corrected chi connectivity index (χ0v) is 22.1. The Morgan fingerprint density at radius 2 is 1.78 bits per heavy atom. The number of aromatic nitrogens is 1. The summed E-state index contributed by atoms with van der Waals surface area (Å²) in [5.41, 5.74) is 4.15. The van der Waals surface area contributed by atoms with Gasteiger partial charge in [-0.25, -0.2) is 0 Å². The number of pyridine rings is 1. The van der Waals surface area contributed by atoms with Crippen molar-refractivity contribution in [1.29, 1.82) is 0 Å². The molecule has 0 bridgehead atoms. The van der Waals surface area contributed by atoms with Gasteiger partial charge >= 0.3 is 0 Å². The molecule has 6 heteroatoms. The molecule has 4 rings (SSSR count). The normalized spacial score (nSPS) is 11.7. The molecule has 1 N–H and O–H groups in total. The standard InChI is InChI=1S/C31H34N2O3S/c1-2-3-4-9-21-36-29-12-6-5-11-28(29)31(35)33(20-17-27-10-7-8-19-32-27)30(34)25-15-13-24(14-16-25)26-18-22-37-23-26/h5-8,10-16,18-19,22-23,31,35H,2-4,9,17,20-21H2,1H3. The molecule has 1 unspecified atom stereocenters. The van der Waals surface area contributed by atoms with Gasteiger partial charge < -0.3 is 14.7 Å². The number of aliphatic hydroxyl groups is 1. The number of aliphatic hydroxyl groups excluding tert-OH is 1. The van der Waals surface area contributed by atoms with Crippen molar-refractivity contribution >= 4 is 17.2 Å². The van der Waals surface area contributed by atoms with Gasteiger partial charge in [-0.3, -0.25) is 9.78 Å². The highest BCUT2D eigenvalue weighted by molar-refractivity contribution is 7.08. The number of hydrogen-bond donors (Lipinski definition) is 1. The monoisotopic (exact) mass is 514 g/mol. The number of amides is 1. The van der Waals surface area contributed by atoms with E-state index in [1.807, 2.05) is 72.1 Å². The lowest BCUT2D eigenvalue weighted by atomic mass is 10.1. The summed E-state index contributed by atoms with van der Waals surface area (Å²) in [6.07, 6.45) is 5.51. The molecule has 5 nitrogen and oxygen atoms in total. The summed E-state index contributed by atoms with van der Waals surface area (Å²) in [6.45, 7) is 3.07. The summed E-state index contributed by atoms with van der Waals surface area (Å²) in [7, 11) is 0. The second-order valence-electron chi connectivity index (χ2n) is 8.98. The molecule has 0 aliphatic carbocycles. The highest BCUT2D eigenvalue weighted by atomic mass is 32.1. The van der Waals surface area contributed by atoms with Crippen molar-refractivity contribution in [2.75, 3.05) is 13.2 Å². The topological polar surface area (TPSA) is 62.7 Å². The van der Waals surface area contributed by atoms with Gasteiger partial charge in [-0.15, -0.1) is 0 Å². The van der Waals surface area contributed by atoms with E-state index in [0.717, 1.165) is 36.1 Å². The highest BCUT2D eigenvalue weighted by Gasteiger charge is 2.27. The Kier molecular flexibility index (Phi) is 9.86. The molecule has 0 aliphatic rings. The molecule has 2 heterocycles. The minimum Gasteiger partial charge on any atom is -0.493 e. The maximum Gasteiger partial charge on any atom is 0.256 e. The fourth-order valence-electron chi connectivity index (χ4n) is 4.22. The van der Waals surface area contributed by atoms with Crippen molar-refractivity contribution in [2.45, 2.75) is 45.3 Å². The van der Waals surface area contributed by atoms with E-state index < -0.39 is 6.23 Å². The Labute approximate surface area is 223 Å². The number of carbonyl (C=O) groups excluding carboxylic acids is 1. The van der Waals surface area contributed by atoms with Crippen LogP contribution in [0.1, 0.15) is 60.5 Å². The van der Waals surface area contributed by atoms with Crippen LogP contribution in [0.2, 0.25) is 0 Å². The van der Waals surface area contributed by atoms with Gasteiger partial charge in [0.15, 0.2) is 6.23 Å². The van der Waals surface area contributed by atoms with E-state index in [2.05, 4.69) is 23.4 Å². The van der Waals surface area contributed by atoms with Crippen LogP contribution in [-0.2, 0) is 6.42 Å². The fourth-order valence-corrected chi connectivity index (χ4v) is 4.88. The van der Waals surface area contributed by atoms with Crippen LogP contribution in [0.25, 0.3) is 11.1 Å². The van der Waals surface area contributed by atoms with Crippen molar-refractivity contribution in [3.05, 3.63) is 107 Å². The number of carbonyl (C=O) groups is 1. The fraction of sp³-hybridized carbons (Fsp3) is 0.290. The van der Waals surface area contributed by atoms with Crippen molar-refractivity contribution < 1.29 is 14.6 Å². The number of unbranched alkanes of at least 4 members (excludes halogenated alkanes) is 3. The van der Waals surface area contributed by atoms with Gasteiger partial charge in [0.1, 0.15) is 5.75 Å². The van der Waals surface area contributed by atoms with E-state index in [1.165, 1.54) is 11.3 Å². The van der Waals surface area contributed by atoms with E-state index >= 15 is 0 Å². The maximum atomic E-state index is 13.7. The van der Waals surface area contributed by atoms with Crippen LogP contribution in [0.4, 0.5) is 0 Å². The van der Waals surface area contributed by atoms with Crippen LogP contribution in [0.5, 0.6) is 5.75 Å². The molecule has 2 aromatic heterocycles. The Hall–Kier alpha value is -3.48. The molecule has 1 amide bonds. The molecule has 4 aromatic rings. The molecule has 0 saturated carbocycles. The molecule has 0 saturated heterocycles. The van der Waals surface area contributed by atoms with E-state index in [1.54, 1.807) is 17.5 Å². The first-order valence-corrected chi connectivity index (χ1v) is 13.8. The zero-order valence-electron chi connectivity index (χ0n) is 21.3. The third-order valence-electron chi connectivity index (χ3n) is 6.33. The lowest BCUT2D eigenvalue weighted by Gasteiger charge is -2.29. The smallest absolute Gasteiger partial charge is 0.256 e. The SMILES string of the molecule is CCCCCCOc1ccccc1C(O)N(CCc1ccccn1)C(=O)c1ccc(-c2ccsc2)cc1. The van der Waals surface area contributed by atoms with E-state index in [0.29, 0.717) is 36.4 Å². The van der Waals surface area contributed by atoms with Crippen LogP contribution in [0, 0.1) is 0 Å². The number of para-hydroxylation sites is 1. The number of ether oxygens (including phenoxy) is 1. The Morgan fingerprint density at radius 1 is 0.973 bits per heavy atom. The summed E-state index contributed by atoms with van der Waals surface area (Å²) in [5.74, 6) is 0.369. The molecule has 37 heavy (non-hydrogen) atoms. The summed E-state index contributed by atoms with van der Waals surface area (Å²) in [5, 5.41) is 15.6. The van der Waals surface area contributed by atoms with Crippen LogP contribution in [0.3, 0.4) is 0 Å². The van der Waals surface area contributed by atoms with Gasteiger partial charge in [0.05, 0.1) is 6.61 Å². The maximum absolute atomic E-state index is 13.7. The highest BCUT2D eigenvalue weighted by Crippen LogP contribution is 2.30. The van der Waals surface area contributed by atoms with Gasteiger partial charge in [-0.2, -0.15) is 11.3 Å². The van der Waals surface area contributed by atoms with Crippen LogP contribution in [0.15, 0.2) is 89.8 Å². The summed E-state index contributed by atoms with van der Waals surface area (Å²) >= 11 is 1.64. The second kappa shape index (κ2) is 13.7. The van der Waals surface area contributed by atoms with Gasteiger partial charge in [-0.1, -0.05) is 62.6 Å². The largest absolute Gasteiger partial charge is 0.493 e. The van der Waals surface area contributed by atoms with Gasteiger partial charge in [0, 0.05) is 36.0 Å². The molecular formula is C31H34N2O3S. The quantitative estimate of drug-likeness (QED) is 0.152. The minimum absolute atomic E-state index is 0.238. The number of hydrogen-bond acceptors (Lipinski definition) is 5. The molecule has 192 valence electrons. The Bertz CT molecular complexity index is 1230. The van der Waals surface area contributed by atoms with Crippen LogP contribution < -0.4 is 4.74 Å². The first-order chi connectivity index (χ1) is 18.2. The molecule has 1 atom stereocenters. The zero-order chi connectivity index (χ0) is 25.9. The van der Waals surface area contributed by atoms with Gasteiger partial charge in [0.25, 0.3) is 5.91 Å². The average Bonchev–Trinajstić information content (AvgIpc) is 3.49. The summed E-state index contributed by atoms with van der Waals surface area (Å²) < 4.78 is 6.05. The minimum atomic E-state index is -1.15. The molecule has 2 aromatic carbocycles. The van der Waals surface area contributed by atoms with E-state index in [4.69, 9.17) is 4.74 Å². The van der Waals surface area contributed by atoms with Crippen molar-refractivity contribution in [1.82, 2.24) is 9.88 Å². The van der Waals surface area contributed by atoms with Crippen molar-refractivity contribution in [2.24, 2.45) is 0 Å². The van der Waals surface area contributed by atoms with Gasteiger partial charge in [-0.05, 0) is 64.7 Å². The summed E-state index contributed by atoms with van der Waals surface area (Å²) in [6, 6.07) is 22.8. The summed E-state index contributed by atoms with van der Waals surface area (Å²) in [4.78, 5) is 19.6. The predicted molar refractivity (Wildman–Crippen MR) is 150 cm³/mol. The Morgan fingerprint density at radius 3 is 2.51 bits per heavy atom. The third kappa shape index (κ3) is 7.28. The third-order valence-corrected chi connectivity index (χ3v) is 7.01. The van der Waals surface area contributed by atoms with Crippen molar-refractivity contribution in [3.8, 4) is 16.9 Å². The second-order valence-corrected chi connectivity index (χ2v) is 9.76. The lowest BCUT2D eigenvalue weighted by molar-refractivity contribution is 0.00538. The molecular weight excluding hydrogens is 480 g/mol. The lowest BCUT2D eigenvalue weighted by Crippen LogP contribution is -2.37. The number of benzene rings is 2. The Balaban J connectivity index is 1.56. The average molecular weight is 515 g/mol. The molecule has 0 spiro atoms. The number of nitrogens with zero attached hydrogens (tertiary/aromatic N) is 2. The molecule has 0 radical (unpaired) electrons. The first kappa shape index (κ1) is 26.6. The van der Waals surface area contributed by atoms with Crippen molar-refractivity contribution in [3.63, 3.8) is 0 Å². The van der Waals surface area contributed by atoms with E-state index in [-0.39, 0.29) is 5.91 Å². The molecule has 0 aliphatic heterocycles. The number of rotatable bonds is 13. The molecule has 0 fully saturated rings. The number of thiophene rings is 1. The first-order valence-electron chi connectivity index (χ1n) is 12.9. The van der Waals surface area contributed by atoms with E-state index in [9.17, 15) is 9.90 Å². The van der Waals surface area contributed by atoms with Crippen LogP contribution >= 0.6 is 11.3 Å².